The van der Waals surface area contributed by atoms with E-state index in [1.165, 1.54) is 106 Å². The van der Waals surface area contributed by atoms with Crippen molar-refractivity contribution in [2.24, 2.45) is 0 Å². The van der Waals surface area contributed by atoms with Crippen molar-refractivity contribution < 1.29 is 19.3 Å². The number of fused-ring (bicyclic) bond motifs is 9. The quantitative estimate of drug-likeness (QED) is 0.0508. The first-order chi connectivity index (χ1) is 65.4. The fraction of sp³-hybridized carbons (Fsp3) is 0.0806. The molecule has 10 heteroatoms. The van der Waals surface area contributed by atoms with Crippen molar-refractivity contribution in [2.75, 3.05) is 0 Å². The van der Waals surface area contributed by atoms with E-state index < -0.39 is 11.0 Å². The second-order valence-electron chi connectivity index (χ2n) is 35.0. The van der Waals surface area contributed by atoms with Gasteiger partial charge >= 0.3 is 7.12 Å². The molecule has 0 bridgehead atoms. The summed E-state index contributed by atoms with van der Waals surface area (Å²) in [5, 5.41) is 23.7. The van der Waals surface area contributed by atoms with E-state index in [4.69, 9.17) is 9.31 Å². The highest BCUT2D eigenvalue weighted by atomic mass is 79.9. The summed E-state index contributed by atoms with van der Waals surface area (Å²) in [7, 11) is -0.366. The molecule has 0 aromatic heterocycles. The van der Waals surface area contributed by atoms with Crippen molar-refractivity contribution >= 4 is 66.1 Å². The number of nitro benzene ring substituents is 1. The normalized spacial score (nSPS) is 14.5. The minimum Gasteiger partial charge on any atom is -0.399 e. The van der Waals surface area contributed by atoms with Crippen LogP contribution >= 0.6 is 47.8 Å². The van der Waals surface area contributed by atoms with Crippen LogP contribution in [0.15, 0.2) is 511 Å². The summed E-state index contributed by atoms with van der Waals surface area (Å²) in [6.07, 6.45) is 0. The molecule has 23 rings (SSSR count). The van der Waals surface area contributed by atoms with Gasteiger partial charge in [0.15, 0.2) is 0 Å². The van der Waals surface area contributed by atoms with E-state index in [-0.39, 0.29) is 39.8 Å². The van der Waals surface area contributed by atoms with Crippen LogP contribution in [-0.2, 0) is 31.2 Å². The van der Waals surface area contributed by atoms with Gasteiger partial charge < -0.3 is 14.4 Å². The summed E-state index contributed by atoms with van der Waals surface area (Å²) in [5.74, 6) is 0. The highest BCUT2D eigenvalue weighted by Crippen LogP contribution is 2.60. The number of halogens is 3. The Morgan fingerprint density at radius 2 is 0.515 bits per heavy atom. The van der Waals surface area contributed by atoms with Gasteiger partial charge in [0.25, 0.3) is 5.69 Å². The first-order valence-corrected chi connectivity index (χ1v) is 47.6. The Labute approximate surface area is 810 Å². The molecule has 1 atom stereocenters. The van der Waals surface area contributed by atoms with Gasteiger partial charge in [-0.05, 0) is 209 Å². The third-order valence-corrected chi connectivity index (χ3v) is 28.9. The van der Waals surface area contributed by atoms with Crippen LogP contribution in [0.2, 0.25) is 0 Å². The summed E-state index contributed by atoms with van der Waals surface area (Å²) < 4.78 is 15.9. The van der Waals surface area contributed by atoms with Crippen molar-refractivity contribution in [3.8, 4) is 66.8 Å². The molecule has 0 saturated carbocycles. The summed E-state index contributed by atoms with van der Waals surface area (Å²) in [4.78, 5) is 11.3. The standard InChI is InChI=1S/C31H29BO2.C31H21NO2.C25H19BrO.C25H17Br.C12H9Br/c1-29(2)30(3,4)34-32(33-29)24-20-18-23(19-21-24)31(22-12-6-5-7-13-22)27-16-10-8-14-25(27)26-15-9-11-17-28(26)31;33-32(34)30-17-9-6-12-25(30)22-18-20-24(21-19-22)31(23-10-2-1-3-11-23)28-15-7-4-13-26(28)27-14-5-8-16-29(27)31;26-22-17-15-21(16-18-22)25(27,20-11-5-2-6-12-20)24-14-8-7-13-23(24)19-9-3-1-4-10-19;26-20-16-14-19(15-17-20)25(18-8-2-1-3-9-18)23-12-6-4-10-21(23)22-11-5-7-13-24(22)25;13-12-9-5-4-8-11(12)10-6-2-1-3-7-10/h5-21H,1-4H3;1-21H;1-18,27H;1-17H;1-9H. The maximum absolute atomic E-state index is 12.1. The Morgan fingerprint density at radius 3 is 0.881 bits per heavy atom. The van der Waals surface area contributed by atoms with Gasteiger partial charge in [-0.1, -0.05) is 503 Å². The van der Waals surface area contributed by atoms with Crippen molar-refractivity contribution in [1.82, 2.24) is 0 Å². The van der Waals surface area contributed by atoms with Crippen LogP contribution in [0.5, 0.6) is 0 Å². The average Bonchev–Trinajstić information content (AvgIpc) is 1.55. The Kier molecular flexibility index (Phi) is 25.5. The number of aliphatic hydroxyl groups is 1. The van der Waals surface area contributed by atoms with E-state index in [0.717, 1.165) is 57.8 Å². The summed E-state index contributed by atoms with van der Waals surface area (Å²) in [5.41, 5.74) is 29.7. The molecule has 1 aliphatic heterocycles. The zero-order valence-electron chi connectivity index (χ0n) is 74.6. The first kappa shape index (κ1) is 89.2. The lowest BCUT2D eigenvalue weighted by atomic mass is 9.67. The van der Waals surface area contributed by atoms with E-state index in [2.05, 4.69) is 421 Å². The van der Waals surface area contributed by atoms with Gasteiger partial charge in [-0.25, -0.2) is 0 Å². The van der Waals surface area contributed by atoms with Crippen LogP contribution in [-0.4, -0.2) is 28.4 Å². The van der Waals surface area contributed by atoms with Crippen molar-refractivity contribution in [3.63, 3.8) is 0 Å². The molecule has 1 fully saturated rings. The third kappa shape index (κ3) is 16.4. The molecule has 1 heterocycles. The molecule has 19 aromatic rings. The average molecular weight is 1930 g/mol. The molecule has 0 amide bonds. The molecule has 134 heavy (non-hydrogen) atoms. The molecule has 4 aliphatic rings. The monoisotopic (exact) mass is 1930 g/mol. The SMILES string of the molecule is Brc1ccc(C2(c3ccccc3)c3ccccc3-c3ccccc32)cc1.Brc1ccccc1-c1ccccc1.CC1(C)OB(c2ccc(C3(c4ccccc4)c4ccccc4-c4ccccc43)cc2)OC1(C)C.O=[N+]([O-])c1ccccc1-c1ccc(C2(c3ccccc3)c3ccccc3-c3ccccc32)cc1.OC(c1ccccc1)(c1ccc(Br)cc1)c1ccccc1-c1ccccc1. The molecule has 0 radical (unpaired) electrons. The lowest BCUT2D eigenvalue weighted by Gasteiger charge is -2.34. The highest BCUT2D eigenvalue weighted by molar-refractivity contribution is 9.11. The van der Waals surface area contributed by atoms with Crippen LogP contribution in [0.1, 0.15) is 111 Å². The number of nitro groups is 1. The highest BCUT2D eigenvalue weighted by Gasteiger charge is 2.53. The molecule has 1 unspecified atom stereocenters. The first-order valence-electron chi connectivity index (χ1n) is 45.2. The molecule has 19 aromatic carbocycles. The van der Waals surface area contributed by atoms with Crippen molar-refractivity contribution in [2.45, 2.75) is 60.7 Å². The van der Waals surface area contributed by atoms with Crippen LogP contribution < -0.4 is 5.46 Å². The van der Waals surface area contributed by atoms with Crippen LogP contribution in [0.3, 0.4) is 0 Å². The van der Waals surface area contributed by atoms with Gasteiger partial charge in [0.1, 0.15) is 5.60 Å². The van der Waals surface area contributed by atoms with E-state index in [1.807, 2.05) is 133 Å². The summed E-state index contributed by atoms with van der Waals surface area (Å²) >= 11 is 10.6. The molecule has 3 aliphatic carbocycles. The summed E-state index contributed by atoms with van der Waals surface area (Å²) in [6.45, 7) is 8.38. The zero-order valence-corrected chi connectivity index (χ0v) is 79.3. The molecular weight excluding hydrogens is 1830 g/mol. The molecule has 1 N–H and O–H groups in total. The van der Waals surface area contributed by atoms with Crippen molar-refractivity contribution in [1.29, 1.82) is 0 Å². The predicted octanol–water partition coefficient (Wildman–Crippen LogP) is 31.3. The number of hydrogen-bond acceptors (Lipinski definition) is 5. The Hall–Kier alpha value is -14.0. The number of benzene rings is 19. The van der Waals surface area contributed by atoms with E-state index in [9.17, 15) is 15.2 Å². The molecule has 1 saturated heterocycles. The number of rotatable bonds is 14. The number of para-hydroxylation sites is 1. The van der Waals surface area contributed by atoms with Gasteiger partial charge in [-0.3, -0.25) is 10.1 Å². The summed E-state index contributed by atoms with van der Waals surface area (Å²) in [6, 6.07) is 172. The second-order valence-corrected chi connectivity index (χ2v) is 37.7. The van der Waals surface area contributed by atoms with E-state index in [1.54, 1.807) is 18.2 Å². The van der Waals surface area contributed by atoms with Gasteiger partial charge in [0.2, 0.25) is 0 Å². The molecule has 0 spiro atoms. The third-order valence-electron chi connectivity index (χ3n) is 27.2. The van der Waals surface area contributed by atoms with Gasteiger partial charge in [-0.15, -0.1) is 0 Å². The van der Waals surface area contributed by atoms with E-state index in [0.29, 0.717) is 5.56 Å². The minimum absolute atomic E-state index is 0.115. The maximum atomic E-state index is 12.1. The predicted molar refractivity (Wildman–Crippen MR) is 561 cm³/mol. The van der Waals surface area contributed by atoms with E-state index >= 15 is 0 Å². The van der Waals surface area contributed by atoms with Crippen LogP contribution in [0, 0.1) is 10.1 Å². The molecular formula is C124H95BBr3NO5. The maximum Gasteiger partial charge on any atom is 0.494 e. The van der Waals surface area contributed by atoms with Crippen molar-refractivity contribution in [3.05, 3.63) is 604 Å². The second kappa shape index (κ2) is 38.3. The fourth-order valence-electron chi connectivity index (χ4n) is 20.3. The lowest BCUT2D eigenvalue weighted by Crippen LogP contribution is -2.41. The van der Waals surface area contributed by atoms with Crippen LogP contribution in [0.4, 0.5) is 5.69 Å². The van der Waals surface area contributed by atoms with Gasteiger partial charge in [0, 0.05) is 25.0 Å². The lowest BCUT2D eigenvalue weighted by molar-refractivity contribution is -0.384. The largest absolute Gasteiger partial charge is 0.494 e. The smallest absolute Gasteiger partial charge is 0.399 e. The number of nitrogens with zero attached hydrogens (tertiary/aromatic N) is 1. The fourth-order valence-corrected chi connectivity index (χ4v) is 21.4. The van der Waals surface area contributed by atoms with Gasteiger partial charge in [0.05, 0.1) is 37.9 Å². The minimum atomic E-state index is -1.26. The Balaban J connectivity index is 0.000000110. The Bertz CT molecular complexity index is 7220. The molecule has 6 nitrogen and oxygen atoms in total. The van der Waals surface area contributed by atoms with Gasteiger partial charge in [-0.2, -0.15) is 0 Å². The number of hydrogen-bond donors (Lipinski definition) is 1. The topological polar surface area (TPSA) is 81.8 Å². The Morgan fingerprint density at radius 1 is 0.261 bits per heavy atom. The molecule has 650 valence electrons. The van der Waals surface area contributed by atoms with Crippen LogP contribution in [0.25, 0.3) is 66.8 Å². The zero-order chi connectivity index (χ0) is 92.0.